The molecule has 0 amide bonds. The third-order valence-electron chi connectivity index (χ3n) is 3.60. The maximum atomic E-state index is 6.24. The van der Waals surface area contributed by atoms with Crippen LogP contribution in [0, 0.1) is 0 Å². The molecule has 2 aromatic rings. The summed E-state index contributed by atoms with van der Waals surface area (Å²) in [5.74, 6) is 1.34. The zero-order valence-corrected chi connectivity index (χ0v) is 11.5. The van der Waals surface area contributed by atoms with Crippen LogP contribution >= 0.6 is 23.2 Å². The van der Waals surface area contributed by atoms with Crippen molar-refractivity contribution in [1.29, 1.82) is 0 Å². The molecule has 1 aliphatic carbocycles. The van der Waals surface area contributed by atoms with Gasteiger partial charge in [0.1, 0.15) is 11.0 Å². The average molecular weight is 281 g/mol. The van der Waals surface area contributed by atoms with Crippen LogP contribution in [0.25, 0.3) is 10.9 Å². The molecule has 3 rings (SSSR count). The van der Waals surface area contributed by atoms with Crippen LogP contribution in [0.4, 0.5) is 0 Å². The number of hydrogen-bond donors (Lipinski definition) is 0. The van der Waals surface area contributed by atoms with Crippen LogP contribution in [0.3, 0.4) is 0 Å². The second-order valence-electron chi connectivity index (χ2n) is 4.87. The molecule has 0 unspecified atom stereocenters. The molecule has 4 heteroatoms. The maximum absolute atomic E-state index is 6.24. The van der Waals surface area contributed by atoms with E-state index in [1.165, 1.54) is 32.1 Å². The summed E-state index contributed by atoms with van der Waals surface area (Å²) >= 11 is 12.2. The zero-order chi connectivity index (χ0) is 12.5. The monoisotopic (exact) mass is 280 g/mol. The Hall–Kier alpha value is -0.860. The van der Waals surface area contributed by atoms with Crippen LogP contribution in [-0.2, 0) is 0 Å². The first kappa shape index (κ1) is 12.2. The normalized spacial score (nSPS) is 17.2. The summed E-state index contributed by atoms with van der Waals surface area (Å²) in [6.07, 6.45) is 6.19. The van der Waals surface area contributed by atoms with Gasteiger partial charge in [0.2, 0.25) is 0 Å². The Bertz CT molecular complexity index is 577. The molecular weight excluding hydrogens is 267 g/mol. The predicted molar refractivity (Wildman–Crippen MR) is 75.4 cm³/mol. The van der Waals surface area contributed by atoms with Crippen molar-refractivity contribution in [3.05, 3.63) is 34.2 Å². The first-order valence-corrected chi connectivity index (χ1v) is 7.12. The SMILES string of the molecule is Clc1ccc2c(Cl)nc(C3CCCCC3)nc2c1. The van der Waals surface area contributed by atoms with E-state index in [-0.39, 0.29) is 0 Å². The molecule has 0 bridgehead atoms. The first-order chi connectivity index (χ1) is 8.74. The van der Waals surface area contributed by atoms with Crippen molar-refractivity contribution >= 4 is 34.1 Å². The van der Waals surface area contributed by atoms with E-state index in [0.29, 0.717) is 16.1 Å². The van der Waals surface area contributed by atoms with Crippen LogP contribution in [0.15, 0.2) is 18.2 Å². The molecule has 0 atom stereocenters. The molecule has 0 radical (unpaired) electrons. The molecule has 18 heavy (non-hydrogen) atoms. The van der Waals surface area contributed by atoms with Crippen LogP contribution in [0.1, 0.15) is 43.8 Å². The lowest BCUT2D eigenvalue weighted by Gasteiger charge is -2.20. The molecule has 0 spiro atoms. The number of hydrogen-bond acceptors (Lipinski definition) is 2. The molecule has 94 valence electrons. The van der Waals surface area contributed by atoms with E-state index in [2.05, 4.69) is 9.97 Å². The summed E-state index contributed by atoms with van der Waals surface area (Å²) in [5.41, 5.74) is 0.850. The van der Waals surface area contributed by atoms with Gasteiger partial charge in [-0.2, -0.15) is 0 Å². The Morgan fingerprint density at radius 2 is 1.78 bits per heavy atom. The second kappa shape index (κ2) is 5.02. The molecular formula is C14H14Cl2N2. The quantitative estimate of drug-likeness (QED) is 0.688. The van der Waals surface area contributed by atoms with E-state index in [4.69, 9.17) is 23.2 Å². The standard InChI is InChI=1S/C14H14Cl2N2/c15-10-6-7-11-12(8-10)17-14(18-13(11)16)9-4-2-1-3-5-9/h6-9H,1-5H2. The molecule has 1 aromatic carbocycles. The number of aromatic nitrogens is 2. The largest absolute Gasteiger partial charge is 0.232 e. The smallest absolute Gasteiger partial charge is 0.140 e. The zero-order valence-electron chi connectivity index (χ0n) is 10.00. The van der Waals surface area contributed by atoms with E-state index in [0.717, 1.165) is 16.7 Å². The summed E-state index contributed by atoms with van der Waals surface area (Å²) < 4.78 is 0. The van der Waals surface area contributed by atoms with E-state index < -0.39 is 0 Å². The van der Waals surface area contributed by atoms with Gasteiger partial charge in [-0.15, -0.1) is 0 Å². The molecule has 1 fully saturated rings. The lowest BCUT2D eigenvalue weighted by molar-refractivity contribution is 0.429. The van der Waals surface area contributed by atoms with Crippen LogP contribution in [0.5, 0.6) is 0 Å². The van der Waals surface area contributed by atoms with E-state index >= 15 is 0 Å². The summed E-state index contributed by atoms with van der Waals surface area (Å²) in [6.45, 7) is 0. The van der Waals surface area contributed by atoms with E-state index in [1.807, 2.05) is 18.2 Å². The van der Waals surface area contributed by atoms with Gasteiger partial charge in [-0.3, -0.25) is 0 Å². The highest BCUT2D eigenvalue weighted by Crippen LogP contribution is 2.33. The Labute approximate surface area is 116 Å². The van der Waals surface area contributed by atoms with Gasteiger partial charge in [-0.25, -0.2) is 9.97 Å². The second-order valence-corrected chi connectivity index (χ2v) is 5.66. The average Bonchev–Trinajstić information content (AvgIpc) is 2.39. The molecule has 0 aliphatic heterocycles. The van der Waals surface area contributed by atoms with Crippen LogP contribution < -0.4 is 0 Å². The van der Waals surface area contributed by atoms with Gasteiger partial charge in [-0.1, -0.05) is 42.5 Å². The molecule has 1 heterocycles. The Morgan fingerprint density at radius 3 is 2.56 bits per heavy atom. The number of benzene rings is 1. The fourth-order valence-corrected chi connectivity index (χ4v) is 3.04. The Kier molecular flexibility index (Phi) is 3.40. The van der Waals surface area contributed by atoms with Crippen molar-refractivity contribution in [3.8, 4) is 0 Å². The summed E-state index contributed by atoms with van der Waals surface area (Å²) in [7, 11) is 0. The third kappa shape index (κ3) is 2.32. The first-order valence-electron chi connectivity index (χ1n) is 6.37. The van der Waals surface area contributed by atoms with Gasteiger partial charge in [-0.05, 0) is 31.0 Å². The fraction of sp³-hybridized carbons (Fsp3) is 0.429. The van der Waals surface area contributed by atoms with Gasteiger partial charge in [0.05, 0.1) is 5.52 Å². The van der Waals surface area contributed by atoms with Gasteiger partial charge >= 0.3 is 0 Å². The highest BCUT2D eigenvalue weighted by atomic mass is 35.5. The number of halogens is 2. The van der Waals surface area contributed by atoms with Crippen molar-refractivity contribution < 1.29 is 0 Å². The van der Waals surface area contributed by atoms with Crippen LogP contribution in [-0.4, -0.2) is 9.97 Å². The summed E-state index contributed by atoms with van der Waals surface area (Å²) in [6, 6.07) is 5.56. The number of rotatable bonds is 1. The van der Waals surface area contributed by atoms with Crippen molar-refractivity contribution in [2.75, 3.05) is 0 Å². The number of nitrogens with zero attached hydrogens (tertiary/aromatic N) is 2. The van der Waals surface area contributed by atoms with Crippen LogP contribution in [0.2, 0.25) is 10.2 Å². The van der Waals surface area contributed by atoms with Gasteiger partial charge < -0.3 is 0 Å². The minimum absolute atomic E-state index is 0.458. The Morgan fingerprint density at radius 1 is 1.00 bits per heavy atom. The minimum Gasteiger partial charge on any atom is -0.232 e. The van der Waals surface area contributed by atoms with E-state index in [1.54, 1.807) is 0 Å². The fourth-order valence-electron chi connectivity index (χ4n) is 2.62. The Balaban J connectivity index is 2.07. The molecule has 1 aliphatic rings. The van der Waals surface area contributed by atoms with E-state index in [9.17, 15) is 0 Å². The topological polar surface area (TPSA) is 25.8 Å². The molecule has 1 aromatic heterocycles. The third-order valence-corrected chi connectivity index (χ3v) is 4.12. The molecule has 0 saturated heterocycles. The highest BCUT2D eigenvalue weighted by Gasteiger charge is 2.19. The van der Waals surface area contributed by atoms with Crippen molar-refractivity contribution in [1.82, 2.24) is 9.97 Å². The molecule has 2 nitrogen and oxygen atoms in total. The molecule has 0 N–H and O–H groups in total. The van der Waals surface area contributed by atoms with Crippen molar-refractivity contribution in [2.24, 2.45) is 0 Å². The van der Waals surface area contributed by atoms with Gasteiger partial charge in [0.25, 0.3) is 0 Å². The minimum atomic E-state index is 0.458. The molecule has 1 saturated carbocycles. The summed E-state index contributed by atoms with van der Waals surface area (Å²) in [5, 5.41) is 2.10. The predicted octanol–water partition coefficient (Wildman–Crippen LogP) is 4.98. The highest BCUT2D eigenvalue weighted by molar-refractivity contribution is 6.35. The summed E-state index contributed by atoms with van der Waals surface area (Å²) in [4.78, 5) is 9.11. The lowest BCUT2D eigenvalue weighted by Crippen LogP contribution is -2.09. The maximum Gasteiger partial charge on any atom is 0.140 e. The van der Waals surface area contributed by atoms with Crippen molar-refractivity contribution in [3.63, 3.8) is 0 Å². The lowest BCUT2D eigenvalue weighted by atomic mass is 9.88. The van der Waals surface area contributed by atoms with Gasteiger partial charge in [0.15, 0.2) is 0 Å². The number of fused-ring (bicyclic) bond motifs is 1. The van der Waals surface area contributed by atoms with Crippen molar-refractivity contribution in [2.45, 2.75) is 38.0 Å². The van der Waals surface area contributed by atoms with Gasteiger partial charge in [0, 0.05) is 16.3 Å².